The Hall–Kier alpha value is -2.57. The Morgan fingerprint density at radius 1 is 1.22 bits per heavy atom. The summed E-state index contributed by atoms with van der Waals surface area (Å²) >= 11 is 3.43. The van der Waals surface area contributed by atoms with Crippen molar-refractivity contribution in [2.45, 2.75) is 17.8 Å². The molecule has 0 saturated carbocycles. The maximum atomic E-state index is 12.9. The quantitative estimate of drug-likeness (QED) is 0.432. The smallest absolute Gasteiger partial charge is 0.383 e. The van der Waals surface area contributed by atoms with Crippen molar-refractivity contribution in [2.75, 3.05) is 18.8 Å². The number of para-hydroxylation sites is 1. The molecule has 5 rings (SSSR count). The van der Waals surface area contributed by atoms with Gasteiger partial charge in [0, 0.05) is 41.7 Å². The maximum Gasteiger partial charge on any atom is 0.485 e. The van der Waals surface area contributed by atoms with Gasteiger partial charge in [0.2, 0.25) is 11.0 Å². The normalized spacial score (nSPS) is 18.6. The van der Waals surface area contributed by atoms with Gasteiger partial charge in [-0.05, 0) is 34.5 Å². The summed E-state index contributed by atoms with van der Waals surface area (Å²) in [5.41, 5.74) is 4.85. The zero-order valence-corrected chi connectivity index (χ0v) is 18.8. The summed E-state index contributed by atoms with van der Waals surface area (Å²) in [4.78, 5) is 9.21. The van der Waals surface area contributed by atoms with Crippen molar-refractivity contribution in [1.82, 2.24) is 23.9 Å². The van der Waals surface area contributed by atoms with E-state index in [2.05, 4.69) is 26.0 Å². The van der Waals surface area contributed by atoms with E-state index in [9.17, 15) is 17.4 Å². The van der Waals surface area contributed by atoms with E-state index in [-0.39, 0.29) is 19.0 Å². The first-order chi connectivity index (χ1) is 15.2. The average Bonchev–Trinajstić information content (AvgIpc) is 3.42. The molecular weight excluding hydrogens is 509 g/mol. The number of fused-ring (bicyclic) bond motifs is 2. The van der Waals surface area contributed by atoms with Gasteiger partial charge in [-0.1, -0.05) is 18.2 Å². The minimum Gasteiger partial charge on any atom is -0.383 e. The van der Waals surface area contributed by atoms with Crippen molar-refractivity contribution in [3.05, 3.63) is 52.9 Å². The van der Waals surface area contributed by atoms with E-state index in [4.69, 9.17) is 10.7 Å². The summed E-state index contributed by atoms with van der Waals surface area (Å²) < 4.78 is 53.3. The Kier molecular flexibility index (Phi) is 5.18. The van der Waals surface area contributed by atoms with Crippen molar-refractivity contribution in [3.63, 3.8) is 0 Å². The Morgan fingerprint density at radius 3 is 2.78 bits per heavy atom. The summed E-state index contributed by atoms with van der Waals surface area (Å²) in [6, 6.07) is 9.68. The predicted molar refractivity (Wildman–Crippen MR) is 119 cm³/mol. The second kappa shape index (κ2) is 7.78. The van der Waals surface area contributed by atoms with E-state index < -0.39 is 16.5 Å². The van der Waals surface area contributed by atoms with Crippen molar-refractivity contribution < 1.29 is 17.4 Å². The summed E-state index contributed by atoms with van der Waals surface area (Å²) in [6.45, 7) is 0.0189. The van der Waals surface area contributed by atoms with E-state index in [0.717, 1.165) is 20.8 Å². The second-order valence-corrected chi connectivity index (χ2v) is 9.75. The van der Waals surface area contributed by atoms with Crippen molar-refractivity contribution in [2.24, 2.45) is 0 Å². The molecule has 2 N–H and O–H groups in total. The number of benzene rings is 1. The zero-order valence-electron chi connectivity index (χ0n) is 16.4. The van der Waals surface area contributed by atoms with Crippen LogP contribution in [-0.2, 0) is 11.0 Å². The Morgan fingerprint density at radius 2 is 2.00 bits per heavy atom. The average molecular weight is 525 g/mol. The summed E-state index contributed by atoms with van der Waals surface area (Å²) in [5.74, 6) is -0.0687. The molecule has 12 heteroatoms. The lowest BCUT2D eigenvalue weighted by atomic mass is 10.0. The molecule has 1 saturated heterocycles. The number of nitrogen functional groups attached to an aromatic ring is 1. The summed E-state index contributed by atoms with van der Waals surface area (Å²) in [7, 11) is -3.05. The van der Waals surface area contributed by atoms with Crippen LogP contribution in [0, 0.1) is 0 Å². The van der Waals surface area contributed by atoms with Crippen LogP contribution in [0.2, 0.25) is 0 Å². The van der Waals surface area contributed by atoms with E-state index in [1.807, 2.05) is 30.3 Å². The molecule has 7 nitrogen and oxygen atoms in total. The molecule has 1 aromatic carbocycles. The molecule has 4 heterocycles. The highest BCUT2D eigenvalue weighted by molar-refractivity contribution is 9.10. The first-order valence-electron chi connectivity index (χ1n) is 9.65. The largest absolute Gasteiger partial charge is 0.485 e. The van der Waals surface area contributed by atoms with Crippen LogP contribution in [0.3, 0.4) is 0 Å². The number of hydrogen-bond donors (Lipinski definition) is 1. The van der Waals surface area contributed by atoms with Crippen molar-refractivity contribution in [1.29, 1.82) is 0 Å². The van der Waals surface area contributed by atoms with Crippen LogP contribution in [0.4, 0.5) is 19.0 Å². The number of anilines is 1. The van der Waals surface area contributed by atoms with Crippen LogP contribution in [0.5, 0.6) is 0 Å². The van der Waals surface area contributed by atoms with Gasteiger partial charge in [-0.3, -0.25) is 4.98 Å². The molecular formula is C20H16BrF3N6OS. The summed E-state index contributed by atoms with van der Waals surface area (Å²) in [6.07, 6.45) is 3.74. The van der Waals surface area contributed by atoms with Gasteiger partial charge >= 0.3 is 5.51 Å². The molecule has 4 aromatic rings. The van der Waals surface area contributed by atoms with Crippen LogP contribution in [0.1, 0.15) is 18.0 Å². The van der Waals surface area contributed by atoms with Gasteiger partial charge in [0.15, 0.2) is 5.65 Å². The van der Waals surface area contributed by atoms with E-state index >= 15 is 0 Å². The highest BCUT2D eigenvalue weighted by atomic mass is 79.9. The van der Waals surface area contributed by atoms with E-state index in [1.165, 1.54) is 4.52 Å². The van der Waals surface area contributed by atoms with Crippen LogP contribution < -0.4 is 5.73 Å². The molecule has 32 heavy (non-hydrogen) atoms. The van der Waals surface area contributed by atoms with Gasteiger partial charge in [0.05, 0.1) is 21.9 Å². The van der Waals surface area contributed by atoms with Crippen molar-refractivity contribution in [3.8, 4) is 11.1 Å². The molecule has 1 aliphatic rings. The van der Waals surface area contributed by atoms with Gasteiger partial charge in [0.1, 0.15) is 5.82 Å². The second-order valence-electron chi connectivity index (χ2n) is 7.48. The maximum absolute atomic E-state index is 12.9. The fourth-order valence-electron chi connectivity index (χ4n) is 3.95. The lowest BCUT2D eigenvalue weighted by molar-refractivity contribution is -0.0424. The highest BCUT2D eigenvalue weighted by Crippen LogP contribution is 2.38. The SMILES string of the molecule is Nc1c(Br)c(C2CCN(S(=O)C(F)(F)F)C2)nc2c(-c3cnc4ccccc4c3)cnn12. The monoisotopic (exact) mass is 524 g/mol. The molecule has 1 fully saturated rings. The lowest BCUT2D eigenvalue weighted by Crippen LogP contribution is -2.33. The van der Waals surface area contributed by atoms with Crippen LogP contribution in [0.25, 0.3) is 27.7 Å². The molecule has 0 amide bonds. The predicted octanol–water partition coefficient (Wildman–Crippen LogP) is 4.26. The first-order valence-corrected chi connectivity index (χ1v) is 11.6. The number of alkyl halides is 3. The number of nitrogens with two attached hydrogens (primary N) is 1. The third-order valence-corrected chi connectivity index (χ3v) is 7.53. The topological polar surface area (TPSA) is 89.4 Å². The zero-order chi connectivity index (χ0) is 22.6. The van der Waals surface area contributed by atoms with Crippen LogP contribution in [0.15, 0.2) is 47.2 Å². The number of aromatic nitrogens is 4. The fourth-order valence-corrected chi connectivity index (χ4v) is 5.41. The highest BCUT2D eigenvalue weighted by Gasteiger charge is 2.44. The third-order valence-electron chi connectivity index (χ3n) is 5.52. The Bertz CT molecular complexity index is 1370. The molecule has 2 unspecified atom stereocenters. The third kappa shape index (κ3) is 3.55. The van der Waals surface area contributed by atoms with Crippen molar-refractivity contribution >= 4 is 49.3 Å². The number of nitrogens with zero attached hydrogens (tertiary/aromatic N) is 5. The standard InChI is InChI=1S/C20H16BrF3N6OS/c21-16-17(12-5-6-29(10-12)32(31)20(22,23)24)28-19-14(9-27-30(19)18(16)25)13-7-11-3-1-2-4-15(11)26-8-13/h1-4,7-9,12H,5-6,10,25H2. The van der Waals surface area contributed by atoms with Gasteiger partial charge in [-0.25, -0.2) is 13.5 Å². The molecule has 3 aromatic heterocycles. The fraction of sp³-hybridized carbons (Fsp3) is 0.250. The summed E-state index contributed by atoms with van der Waals surface area (Å²) in [5, 5.41) is 5.30. The molecule has 2 atom stereocenters. The number of halogens is 4. The minimum absolute atomic E-state index is 0.0334. The molecule has 1 aliphatic heterocycles. The van der Waals surface area contributed by atoms with Crippen LogP contribution >= 0.6 is 15.9 Å². The van der Waals surface area contributed by atoms with Gasteiger partial charge in [0.25, 0.3) is 0 Å². The minimum atomic E-state index is -4.79. The van der Waals surface area contributed by atoms with Gasteiger partial charge in [-0.15, -0.1) is 0 Å². The molecule has 0 spiro atoms. The number of rotatable bonds is 3. The lowest BCUT2D eigenvalue weighted by Gasteiger charge is -2.17. The Balaban J connectivity index is 1.57. The number of hydrogen-bond acceptors (Lipinski definition) is 5. The molecule has 166 valence electrons. The molecule has 0 radical (unpaired) electrons. The van der Waals surface area contributed by atoms with Gasteiger partial charge in [-0.2, -0.15) is 22.8 Å². The molecule has 0 bridgehead atoms. The van der Waals surface area contributed by atoms with Crippen LogP contribution in [-0.4, -0.2) is 46.7 Å². The number of pyridine rings is 1. The molecule has 0 aliphatic carbocycles. The Labute approximate surface area is 191 Å². The van der Waals surface area contributed by atoms with Gasteiger partial charge < -0.3 is 5.73 Å². The van der Waals surface area contributed by atoms with E-state index in [0.29, 0.717) is 33.6 Å². The first kappa shape index (κ1) is 21.3. The van der Waals surface area contributed by atoms with E-state index in [1.54, 1.807) is 12.4 Å².